The summed E-state index contributed by atoms with van der Waals surface area (Å²) in [7, 11) is 0. The number of rotatable bonds is 10. The summed E-state index contributed by atoms with van der Waals surface area (Å²) in [6.45, 7) is 4.56. The molecule has 246 valence electrons. The summed E-state index contributed by atoms with van der Waals surface area (Å²) in [6.07, 6.45) is 1.42. The van der Waals surface area contributed by atoms with Crippen LogP contribution >= 0.6 is 45.7 Å². The monoisotopic (exact) mass is 732 g/mol. The normalized spacial score (nSPS) is 13.6. The van der Waals surface area contributed by atoms with Gasteiger partial charge in [-0.25, -0.2) is 0 Å². The fourth-order valence-electron chi connectivity index (χ4n) is 7.44. The molecule has 0 unspecified atom stereocenters. The van der Waals surface area contributed by atoms with E-state index in [1.807, 2.05) is 11.3 Å². The minimum atomic E-state index is -3.54. The molecule has 0 spiro atoms. The van der Waals surface area contributed by atoms with Crippen molar-refractivity contribution in [2.24, 2.45) is 0 Å². The molecule has 0 saturated carbocycles. The summed E-state index contributed by atoms with van der Waals surface area (Å²) in [5, 5.41) is 7.05. The standard InChI is InChI=1S/C44H40Cl2P2S/c1-35-36(2)44(34-48(46,40-27-15-6-16-28-40,41-29-17-7-18-30-41)42-31-19-8-20-32-42)49-43(35)33-47(45,37-21-9-3-10-22-37,38-23-11-4-12-24-38)39-25-13-5-14-26-39/h3-32H,33-34H2,1-2H3. The van der Waals surface area contributed by atoms with Crippen LogP contribution in [0, 0.1) is 13.8 Å². The first kappa shape index (κ1) is 33.9. The summed E-state index contributed by atoms with van der Waals surface area (Å²) in [5.41, 5.74) is 2.60. The van der Waals surface area contributed by atoms with Crippen molar-refractivity contribution in [1.82, 2.24) is 0 Å². The van der Waals surface area contributed by atoms with Gasteiger partial charge in [0.2, 0.25) is 0 Å². The Morgan fingerprint density at radius 3 is 0.714 bits per heavy atom. The molecule has 1 aromatic heterocycles. The molecule has 0 saturated heterocycles. The first-order valence-corrected chi connectivity index (χ1v) is 24.1. The molecule has 0 N–H and O–H groups in total. The van der Waals surface area contributed by atoms with Crippen LogP contribution in [-0.4, -0.2) is 0 Å². The second-order valence-electron chi connectivity index (χ2n) is 12.9. The van der Waals surface area contributed by atoms with Gasteiger partial charge in [0.15, 0.2) is 0 Å². The van der Waals surface area contributed by atoms with Crippen molar-refractivity contribution >= 4 is 77.6 Å². The molecule has 0 aliphatic carbocycles. The molecule has 0 nitrogen and oxygen atoms in total. The van der Waals surface area contributed by atoms with Crippen molar-refractivity contribution in [3.63, 3.8) is 0 Å². The van der Waals surface area contributed by atoms with Crippen molar-refractivity contribution in [3.8, 4) is 0 Å². The van der Waals surface area contributed by atoms with Gasteiger partial charge in [-0.05, 0) is 0 Å². The maximum atomic E-state index is 8.61. The van der Waals surface area contributed by atoms with Gasteiger partial charge in [0.05, 0.1) is 0 Å². The molecule has 6 aromatic carbocycles. The van der Waals surface area contributed by atoms with Crippen molar-refractivity contribution < 1.29 is 0 Å². The minimum absolute atomic E-state index is 0.711. The third-order valence-corrected chi connectivity index (χ3v) is 26.4. The van der Waals surface area contributed by atoms with E-state index in [2.05, 4.69) is 196 Å². The van der Waals surface area contributed by atoms with Crippen molar-refractivity contribution in [2.75, 3.05) is 0 Å². The van der Waals surface area contributed by atoms with Gasteiger partial charge < -0.3 is 0 Å². The molecule has 0 aliphatic heterocycles. The molecule has 1 heterocycles. The Morgan fingerprint density at radius 2 is 0.531 bits per heavy atom. The first-order chi connectivity index (χ1) is 23.8. The average molecular weight is 734 g/mol. The Morgan fingerprint density at radius 1 is 0.347 bits per heavy atom. The molecule has 7 rings (SSSR count). The molecular weight excluding hydrogens is 693 g/mol. The zero-order valence-electron chi connectivity index (χ0n) is 27.8. The molecule has 0 atom stereocenters. The van der Waals surface area contributed by atoms with Gasteiger partial charge in [-0.2, -0.15) is 0 Å². The molecule has 5 heteroatoms. The fourth-order valence-corrected chi connectivity index (χ4v) is 22.8. The van der Waals surface area contributed by atoms with Crippen molar-refractivity contribution in [3.05, 3.63) is 203 Å². The van der Waals surface area contributed by atoms with E-state index in [4.69, 9.17) is 22.5 Å². The Bertz CT molecular complexity index is 1810. The second kappa shape index (κ2) is 13.3. The fraction of sp³-hybridized carbons (Fsp3) is 0.0909. The van der Waals surface area contributed by atoms with Gasteiger partial charge in [-0.15, -0.1) is 0 Å². The third-order valence-electron chi connectivity index (χ3n) is 10.3. The van der Waals surface area contributed by atoms with E-state index in [0.717, 1.165) is 0 Å². The van der Waals surface area contributed by atoms with E-state index >= 15 is 0 Å². The summed E-state index contributed by atoms with van der Waals surface area (Å²) in [5.74, 6) is -7.09. The molecule has 0 radical (unpaired) electrons. The third kappa shape index (κ3) is 5.52. The zero-order chi connectivity index (χ0) is 34.0. The van der Waals surface area contributed by atoms with Crippen LogP contribution in [0.25, 0.3) is 0 Å². The van der Waals surface area contributed by atoms with Gasteiger partial charge in [-0.3, -0.25) is 0 Å². The number of hydrogen-bond acceptors (Lipinski definition) is 1. The van der Waals surface area contributed by atoms with Gasteiger partial charge in [0.25, 0.3) is 0 Å². The van der Waals surface area contributed by atoms with Crippen molar-refractivity contribution in [2.45, 2.75) is 26.2 Å². The SMILES string of the molecule is Cc1c(CP(Cl)(c2ccccc2)(c2ccccc2)c2ccccc2)sc(CP(Cl)(c2ccccc2)(c2ccccc2)c2ccccc2)c1C. The number of hydrogen-bond donors (Lipinski definition) is 0. The Labute approximate surface area is 304 Å². The molecule has 0 aliphatic rings. The topological polar surface area (TPSA) is 0 Å². The average Bonchev–Trinajstić information content (AvgIpc) is 3.43. The molecule has 0 amide bonds. The summed E-state index contributed by atoms with van der Waals surface area (Å²) >= 11 is 19.1. The van der Waals surface area contributed by atoms with Gasteiger partial charge in [-0.1, -0.05) is 0 Å². The van der Waals surface area contributed by atoms with Gasteiger partial charge in [0, 0.05) is 0 Å². The van der Waals surface area contributed by atoms with E-state index in [1.165, 1.54) is 52.7 Å². The predicted octanol–water partition coefficient (Wildman–Crippen LogP) is 10.7. The second-order valence-corrected chi connectivity index (χ2v) is 27.0. The van der Waals surface area contributed by atoms with Crippen LogP contribution < -0.4 is 31.8 Å². The van der Waals surface area contributed by atoms with E-state index in [9.17, 15) is 0 Å². The summed E-state index contributed by atoms with van der Waals surface area (Å²) in [6, 6.07) is 64.7. The molecule has 0 fully saturated rings. The Hall–Kier alpha value is -3.54. The van der Waals surface area contributed by atoms with Crippen LogP contribution in [0.15, 0.2) is 182 Å². The maximum absolute atomic E-state index is 8.61. The zero-order valence-corrected chi connectivity index (χ0v) is 31.9. The quantitative estimate of drug-likeness (QED) is 0.123. The van der Waals surface area contributed by atoms with Crippen LogP contribution in [0.5, 0.6) is 0 Å². The van der Waals surface area contributed by atoms with Crippen LogP contribution in [0.2, 0.25) is 0 Å². The van der Waals surface area contributed by atoms with E-state index in [-0.39, 0.29) is 0 Å². The van der Waals surface area contributed by atoms with Crippen LogP contribution in [-0.2, 0) is 12.3 Å². The Kier molecular flexibility index (Phi) is 9.21. The number of benzene rings is 6. The predicted molar refractivity (Wildman–Crippen MR) is 223 cm³/mol. The molecular formula is C44H40Cl2P2S. The first-order valence-electron chi connectivity index (χ1n) is 16.6. The van der Waals surface area contributed by atoms with Gasteiger partial charge in [0.1, 0.15) is 0 Å². The van der Waals surface area contributed by atoms with Crippen LogP contribution in [0.1, 0.15) is 20.9 Å². The number of thiophene rings is 1. The van der Waals surface area contributed by atoms with E-state index in [1.54, 1.807) is 0 Å². The molecule has 49 heavy (non-hydrogen) atoms. The van der Waals surface area contributed by atoms with E-state index < -0.39 is 11.9 Å². The summed E-state index contributed by atoms with van der Waals surface area (Å²) in [4.78, 5) is 2.63. The molecule has 0 bridgehead atoms. The van der Waals surface area contributed by atoms with Crippen LogP contribution in [0.4, 0.5) is 0 Å². The molecule has 7 aromatic rings. The number of halogens is 2. The summed E-state index contributed by atoms with van der Waals surface area (Å²) < 4.78 is 0. The van der Waals surface area contributed by atoms with E-state index in [0.29, 0.717) is 12.3 Å². The Balaban J connectivity index is 1.48. The van der Waals surface area contributed by atoms with Crippen LogP contribution in [0.3, 0.4) is 0 Å². The van der Waals surface area contributed by atoms with Crippen molar-refractivity contribution in [1.29, 1.82) is 0 Å². The van der Waals surface area contributed by atoms with Gasteiger partial charge >= 0.3 is 307 Å².